The summed E-state index contributed by atoms with van der Waals surface area (Å²) in [6.45, 7) is 0. The molecule has 0 spiro atoms. The van der Waals surface area contributed by atoms with Crippen LogP contribution in [0.3, 0.4) is 0 Å². The van der Waals surface area contributed by atoms with Gasteiger partial charge in [0, 0.05) is 11.4 Å². The summed E-state index contributed by atoms with van der Waals surface area (Å²) in [5.41, 5.74) is 0.870. The van der Waals surface area contributed by atoms with Crippen LogP contribution < -0.4 is 4.90 Å². The molecule has 1 saturated heterocycles. The van der Waals surface area contributed by atoms with Crippen molar-refractivity contribution in [3.63, 3.8) is 0 Å². The van der Waals surface area contributed by atoms with Gasteiger partial charge in [0.15, 0.2) is 0 Å². The van der Waals surface area contributed by atoms with Crippen molar-refractivity contribution in [1.29, 1.82) is 5.26 Å². The first-order chi connectivity index (χ1) is 8.63. The van der Waals surface area contributed by atoms with Crippen molar-refractivity contribution in [2.45, 2.75) is 6.04 Å². The lowest BCUT2D eigenvalue weighted by Gasteiger charge is -2.32. The minimum atomic E-state index is -1.03. The smallest absolute Gasteiger partial charge is 0.327 e. The number of amides is 1. The van der Waals surface area contributed by atoms with Crippen LogP contribution >= 0.6 is 11.8 Å². The Balaban J connectivity index is 2.40. The van der Waals surface area contributed by atoms with E-state index >= 15 is 0 Å². The zero-order chi connectivity index (χ0) is 13.1. The van der Waals surface area contributed by atoms with Crippen LogP contribution in [0.15, 0.2) is 24.3 Å². The number of nitriles is 1. The summed E-state index contributed by atoms with van der Waals surface area (Å²) in [6, 6.07) is 7.53. The van der Waals surface area contributed by atoms with Crippen LogP contribution in [-0.2, 0) is 9.59 Å². The highest BCUT2D eigenvalue weighted by molar-refractivity contribution is 8.00. The Labute approximate surface area is 108 Å². The molecular formula is C12H10N2O3S. The zero-order valence-electron chi connectivity index (χ0n) is 9.37. The fourth-order valence-corrected chi connectivity index (χ4v) is 2.75. The van der Waals surface area contributed by atoms with Crippen molar-refractivity contribution in [3.8, 4) is 6.07 Å². The number of rotatable bonds is 2. The largest absolute Gasteiger partial charge is 0.480 e. The van der Waals surface area contributed by atoms with E-state index in [0.717, 1.165) is 0 Å². The molecule has 1 aromatic rings. The minimum absolute atomic E-state index is 0.242. The van der Waals surface area contributed by atoms with Crippen LogP contribution in [0, 0.1) is 11.3 Å². The maximum Gasteiger partial charge on any atom is 0.327 e. The van der Waals surface area contributed by atoms with Crippen molar-refractivity contribution in [2.24, 2.45) is 0 Å². The number of hydrogen-bond donors (Lipinski definition) is 1. The van der Waals surface area contributed by atoms with Gasteiger partial charge in [-0.15, -0.1) is 11.8 Å². The minimum Gasteiger partial charge on any atom is -0.480 e. The number of carboxylic acids is 1. The van der Waals surface area contributed by atoms with E-state index in [0.29, 0.717) is 17.0 Å². The Hall–Kier alpha value is -2.00. The Morgan fingerprint density at radius 2 is 2.33 bits per heavy atom. The third kappa shape index (κ3) is 2.31. The lowest BCUT2D eigenvalue weighted by Crippen LogP contribution is -2.51. The molecule has 0 saturated carbocycles. The van der Waals surface area contributed by atoms with Gasteiger partial charge in [0.05, 0.1) is 17.4 Å². The Morgan fingerprint density at radius 1 is 1.56 bits per heavy atom. The standard InChI is InChI=1S/C12H10N2O3S/c13-5-8-2-1-3-9(4-8)14-10(12(16)17)6-18-7-11(14)15/h1-4,10H,6-7H2,(H,16,17). The van der Waals surface area contributed by atoms with Crippen LogP contribution in [0.4, 0.5) is 5.69 Å². The third-order valence-corrected chi connectivity index (χ3v) is 3.62. The van der Waals surface area contributed by atoms with E-state index in [4.69, 9.17) is 10.4 Å². The molecule has 0 radical (unpaired) electrons. The van der Waals surface area contributed by atoms with E-state index in [-0.39, 0.29) is 11.7 Å². The second kappa shape index (κ2) is 5.10. The van der Waals surface area contributed by atoms with Crippen molar-refractivity contribution in [3.05, 3.63) is 29.8 Å². The number of carbonyl (C=O) groups excluding carboxylic acids is 1. The third-order valence-electron chi connectivity index (χ3n) is 2.62. The van der Waals surface area contributed by atoms with Gasteiger partial charge in [-0.2, -0.15) is 5.26 Å². The molecule has 1 amide bonds. The highest BCUT2D eigenvalue weighted by Crippen LogP contribution is 2.25. The molecule has 1 aliphatic heterocycles. The van der Waals surface area contributed by atoms with Gasteiger partial charge in [-0.1, -0.05) is 6.07 Å². The normalized spacial score (nSPS) is 19.4. The highest BCUT2D eigenvalue weighted by atomic mass is 32.2. The molecule has 0 aliphatic carbocycles. The number of carbonyl (C=O) groups is 2. The summed E-state index contributed by atoms with van der Waals surface area (Å²) in [4.78, 5) is 24.3. The fraction of sp³-hybridized carbons (Fsp3) is 0.250. The molecule has 1 fully saturated rings. The number of carboxylic acid groups (broad SMARTS) is 1. The maximum atomic E-state index is 11.9. The van der Waals surface area contributed by atoms with E-state index in [2.05, 4.69) is 0 Å². The van der Waals surface area contributed by atoms with Crippen LogP contribution in [0.25, 0.3) is 0 Å². The van der Waals surface area contributed by atoms with E-state index in [1.165, 1.54) is 22.7 Å². The molecule has 2 rings (SSSR count). The van der Waals surface area contributed by atoms with Gasteiger partial charge in [0.1, 0.15) is 6.04 Å². The second-order valence-corrected chi connectivity index (χ2v) is 4.83. The van der Waals surface area contributed by atoms with E-state index in [1.54, 1.807) is 18.2 Å². The molecule has 5 nitrogen and oxygen atoms in total. The lowest BCUT2D eigenvalue weighted by molar-refractivity contribution is -0.139. The van der Waals surface area contributed by atoms with Crippen molar-refractivity contribution >= 4 is 29.3 Å². The molecule has 6 heteroatoms. The monoisotopic (exact) mass is 262 g/mol. The predicted octanol–water partition coefficient (Wildman–Crippen LogP) is 1.09. The first-order valence-electron chi connectivity index (χ1n) is 5.26. The van der Waals surface area contributed by atoms with Crippen LogP contribution in [0.2, 0.25) is 0 Å². The van der Waals surface area contributed by atoms with Gasteiger partial charge in [0.25, 0.3) is 0 Å². The molecule has 0 bridgehead atoms. The molecule has 1 heterocycles. The van der Waals surface area contributed by atoms with E-state index < -0.39 is 12.0 Å². The zero-order valence-corrected chi connectivity index (χ0v) is 10.2. The van der Waals surface area contributed by atoms with E-state index in [1.807, 2.05) is 6.07 Å². The average molecular weight is 262 g/mol. The van der Waals surface area contributed by atoms with E-state index in [9.17, 15) is 9.59 Å². The molecule has 18 heavy (non-hydrogen) atoms. The number of benzene rings is 1. The molecule has 0 aromatic heterocycles. The van der Waals surface area contributed by atoms with Crippen molar-refractivity contribution in [1.82, 2.24) is 0 Å². The number of anilines is 1. The van der Waals surface area contributed by atoms with Gasteiger partial charge in [-0.3, -0.25) is 9.69 Å². The number of thioether (sulfide) groups is 1. The average Bonchev–Trinajstić information content (AvgIpc) is 2.38. The first-order valence-corrected chi connectivity index (χ1v) is 6.41. The predicted molar refractivity (Wildman–Crippen MR) is 67.4 cm³/mol. The SMILES string of the molecule is N#Cc1cccc(N2C(=O)CSCC2C(=O)O)c1. The van der Waals surface area contributed by atoms with Crippen molar-refractivity contribution in [2.75, 3.05) is 16.4 Å². The lowest BCUT2D eigenvalue weighted by atomic mass is 10.1. The molecule has 1 unspecified atom stereocenters. The maximum absolute atomic E-state index is 11.9. The summed E-state index contributed by atoms with van der Waals surface area (Å²) in [5.74, 6) is -0.648. The topological polar surface area (TPSA) is 81.4 Å². The number of hydrogen-bond acceptors (Lipinski definition) is 4. The number of nitrogens with zero attached hydrogens (tertiary/aromatic N) is 2. The highest BCUT2D eigenvalue weighted by Gasteiger charge is 2.34. The molecule has 1 N–H and O–H groups in total. The molecule has 92 valence electrons. The first kappa shape index (κ1) is 12.5. The van der Waals surface area contributed by atoms with Gasteiger partial charge in [-0.25, -0.2) is 4.79 Å². The molecule has 1 atom stereocenters. The molecule has 1 aliphatic rings. The summed E-state index contributed by atoms with van der Waals surface area (Å²) < 4.78 is 0. The second-order valence-electron chi connectivity index (χ2n) is 3.80. The van der Waals surface area contributed by atoms with Crippen molar-refractivity contribution < 1.29 is 14.7 Å². The Kier molecular flexibility index (Phi) is 3.53. The summed E-state index contributed by atoms with van der Waals surface area (Å²) in [6.07, 6.45) is 0. The summed E-state index contributed by atoms with van der Waals surface area (Å²) >= 11 is 1.31. The summed E-state index contributed by atoms with van der Waals surface area (Å²) in [5, 5.41) is 18.0. The quantitative estimate of drug-likeness (QED) is 0.862. The van der Waals surface area contributed by atoms with Crippen LogP contribution in [0.1, 0.15) is 5.56 Å². The molecule has 1 aromatic carbocycles. The summed E-state index contributed by atoms with van der Waals surface area (Å²) in [7, 11) is 0. The van der Waals surface area contributed by atoms with Crippen LogP contribution in [-0.4, -0.2) is 34.5 Å². The van der Waals surface area contributed by atoms with Gasteiger partial charge < -0.3 is 5.11 Å². The van der Waals surface area contributed by atoms with Gasteiger partial charge >= 0.3 is 5.97 Å². The van der Waals surface area contributed by atoms with Gasteiger partial charge in [0.2, 0.25) is 5.91 Å². The Morgan fingerprint density at radius 3 is 3.00 bits per heavy atom. The Bertz CT molecular complexity index is 538. The van der Waals surface area contributed by atoms with Gasteiger partial charge in [-0.05, 0) is 18.2 Å². The molecular weight excluding hydrogens is 252 g/mol. The fourth-order valence-electron chi connectivity index (χ4n) is 1.81. The van der Waals surface area contributed by atoms with Crippen LogP contribution in [0.5, 0.6) is 0 Å². The number of aliphatic carboxylic acids is 1.